The smallest absolute Gasteiger partial charge is 0.416 e. The molecule has 0 N–H and O–H groups in total. The zero-order chi connectivity index (χ0) is 36.4. The monoisotopic (exact) mass is 708 g/mol. The molecule has 10 rings (SSSR count). The van der Waals surface area contributed by atoms with Crippen LogP contribution in [0.15, 0.2) is 168 Å². The van der Waals surface area contributed by atoms with Crippen LogP contribution in [0.25, 0.3) is 94.7 Å². The zero-order valence-corrected chi connectivity index (χ0v) is 28.4. The van der Waals surface area contributed by atoms with E-state index >= 15 is 0 Å². The Morgan fingerprint density at radius 1 is 0.444 bits per heavy atom. The molecule has 3 aromatic heterocycles. The fourth-order valence-electron chi connectivity index (χ4n) is 7.35. The Hall–Kier alpha value is -7.06. The molecule has 0 unspecified atom stereocenters. The first-order valence-electron chi connectivity index (χ1n) is 17.4. The minimum Gasteiger partial charge on any atom is -0.456 e. The number of alkyl halides is 3. The van der Waals surface area contributed by atoms with E-state index in [4.69, 9.17) is 19.4 Å². The van der Waals surface area contributed by atoms with Gasteiger partial charge in [-0.05, 0) is 71.8 Å². The number of para-hydroxylation sites is 1. The Bertz CT molecular complexity index is 2970. The summed E-state index contributed by atoms with van der Waals surface area (Å²) in [6.45, 7) is 0. The number of nitrogens with zero attached hydrogens (tertiary/aromatic N) is 4. The third-order valence-electron chi connectivity index (χ3n) is 9.89. The van der Waals surface area contributed by atoms with Crippen molar-refractivity contribution < 1.29 is 17.6 Å². The first-order valence-corrected chi connectivity index (χ1v) is 17.4. The van der Waals surface area contributed by atoms with E-state index in [0.717, 1.165) is 83.7 Å². The summed E-state index contributed by atoms with van der Waals surface area (Å²) >= 11 is 0. The highest BCUT2D eigenvalue weighted by molar-refractivity contribution is 6.14. The number of fused-ring (bicyclic) bond motifs is 6. The van der Waals surface area contributed by atoms with E-state index in [1.54, 1.807) is 0 Å². The summed E-state index contributed by atoms with van der Waals surface area (Å²) in [6.07, 6.45) is -4.40. The van der Waals surface area contributed by atoms with Crippen LogP contribution in [0.2, 0.25) is 0 Å². The Balaban J connectivity index is 1.13. The molecule has 3 heterocycles. The highest BCUT2D eigenvalue weighted by Crippen LogP contribution is 2.40. The van der Waals surface area contributed by atoms with Gasteiger partial charge < -0.3 is 8.98 Å². The molecule has 54 heavy (non-hydrogen) atoms. The summed E-state index contributed by atoms with van der Waals surface area (Å²) in [5, 5.41) is 3.82. The second-order valence-corrected chi connectivity index (χ2v) is 13.2. The molecule has 0 aliphatic heterocycles. The third-order valence-corrected chi connectivity index (χ3v) is 9.89. The Kier molecular flexibility index (Phi) is 7.20. The predicted octanol–water partition coefficient (Wildman–Crippen LogP) is 12.6. The number of rotatable bonds is 5. The zero-order valence-electron chi connectivity index (χ0n) is 28.4. The van der Waals surface area contributed by atoms with Gasteiger partial charge in [0.1, 0.15) is 11.2 Å². The maximum absolute atomic E-state index is 13.4. The second kappa shape index (κ2) is 12.3. The molecule has 258 valence electrons. The minimum atomic E-state index is -4.40. The lowest BCUT2D eigenvalue weighted by Gasteiger charge is -2.11. The molecule has 0 saturated carbocycles. The summed E-state index contributed by atoms with van der Waals surface area (Å²) in [5.74, 6) is 1.70. The Morgan fingerprint density at radius 3 is 1.72 bits per heavy atom. The molecule has 0 fully saturated rings. The number of benzene rings is 7. The first kappa shape index (κ1) is 31.7. The van der Waals surface area contributed by atoms with E-state index in [0.29, 0.717) is 23.2 Å². The van der Waals surface area contributed by atoms with Gasteiger partial charge in [-0.15, -0.1) is 0 Å². The molecular formula is C46H27F3N4O. The molecule has 0 radical (unpaired) electrons. The van der Waals surface area contributed by atoms with E-state index in [-0.39, 0.29) is 0 Å². The molecule has 5 nitrogen and oxygen atoms in total. The fraction of sp³-hybridized carbons (Fsp3) is 0.0217. The molecule has 0 bridgehead atoms. The molecule has 8 heteroatoms. The van der Waals surface area contributed by atoms with Crippen molar-refractivity contribution in [1.82, 2.24) is 19.5 Å². The quantitative estimate of drug-likeness (QED) is 0.179. The lowest BCUT2D eigenvalue weighted by Crippen LogP contribution is -2.05. The van der Waals surface area contributed by atoms with Crippen molar-refractivity contribution in [2.45, 2.75) is 6.18 Å². The van der Waals surface area contributed by atoms with Crippen molar-refractivity contribution in [1.29, 1.82) is 0 Å². The molecule has 0 spiro atoms. The molecule has 10 aromatic rings. The first-order chi connectivity index (χ1) is 26.4. The summed E-state index contributed by atoms with van der Waals surface area (Å²) in [7, 11) is 0. The molecular weight excluding hydrogens is 682 g/mol. The standard InChI is InChI=1S/C46H27F3N4O/c47-46(48,49)32-20-22-33(23-21-32)53-38-16-8-7-14-34(38)36-26-30(18-24-39(36)53)31-19-25-40-37(27-31)42-35(15-9-17-41(42)54-40)45-51-43(28-10-3-1-4-11-28)50-44(52-45)29-12-5-2-6-13-29/h1-27H. The SMILES string of the molecule is FC(F)(F)c1ccc(-n2c3ccccc3c3cc(-c4ccc5oc6cccc(-c7nc(-c8ccccc8)nc(-c8ccccc8)n7)c6c5c4)ccc32)cc1. The van der Waals surface area contributed by atoms with Crippen molar-refractivity contribution in [3.05, 3.63) is 169 Å². The number of halogens is 3. The maximum atomic E-state index is 13.4. The van der Waals surface area contributed by atoms with Crippen LogP contribution in [0.1, 0.15) is 5.56 Å². The summed E-state index contributed by atoms with van der Waals surface area (Å²) < 4.78 is 48.6. The van der Waals surface area contributed by atoms with Gasteiger partial charge in [0.2, 0.25) is 0 Å². The topological polar surface area (TPSA) is 56.7 Å². The van der Waals surface area contributed by atoms with Gasteiger partial charge in [0.15, 0.2) is 17.5 Å². The predicted molar refractivity (Wildman–Crippen MR) is 208 cm³/mol. The van der Waals surface area contributed by atoms with Crippen molar-refractivity contribution in [3.63, 3.8) is 0 Å². The third kappa shape index (κ3) is 5.30. The van der Waals surface area contributed by atoms with Crippen molar-refractivity contribution in [2.24, 2.45) is 0 Å². The minimum absolute atomic E-state index is 0.541. The summed E-state index contributed by atoms with van der Waals surface area (Å²) in [4.78, 5) is 14.9. The van der Waals surface area contributed by atoms with E-state index in [2.05, 4.69) is 18.2 Å². The van der Waals surface area contributed by atoms with Gasteiger partial charge in [-0.3, -0.25) is 0 Å². The average molecular weight is 709 g/mol. The maximum Gasteiger partial charge on any atom is 0.416 e. The lowest BCUT2D eigenvalue weighted by molar-refractivity contribution is -0.137. The van der Waals surface area contributed by atoms with E-state index in [1.807, 2.05) is 126 Å². The van der Waals surface area contributed by atoms with Gasteiger partial charge >= 0.3 is 6.18 Å². The van der Waals surface area contributed by atoms with E-state index in [9.17, 15) is 13.2 Å². The second-order valence-electron chi connectivity index (χ2n) is 13.2. The molecule has 0 aliphatic rings. The fourth-order valence-corrected chi connectivity index (χ4v) is 7.35. The van der Waals surface area contributed by atoms with Crippen LogP contribution in [0.5, 0.6) is 0 Å². The van der Waals surface area contributed by atoms with Crippen molar-refractivity contribution in [3.8, 4) is 51.0 Å². The van der Waals surface area contributed by atoms with Gasteiger partial charge in [-0.1, -0.05) is 103 Å². The van der Waals surface area contributed by atoms with Crippen LogP contribution >= 0.6 is 0 Å². The number of hydrogen-bond donors (Lipinski definition) is 0. The highest BCUT2D eigenvalue weighted by Gasteiger charge is 2.30. The van der Waals surface area contributed by atoms with Crippen LogP contribution in [0.4, 0.5) is 13.2 Å². The Morgan fingerprint density at radius 2 is 1.04 bits per heavy atom. The van der Waals surface area contributed by atoms with E-state index < -0.39 is 11.7 Å². The molecule has 7 aromatic carbocycles. The van der Waals surface area contributed by atoms with Crippen LogP contribution in [0, 0.1) is 0 Å². The normalized spacial score (nSPS) is 12.0. The van der Waals surface area contributed by atoms with Gasteiger partial charge in [-0.2, -0.15) is 13.2 Å². The lowest BCUT2D eigenvalue weighted by atomic mass is 9.99. The molecule has 0 aliphatic carbocycles. The number of furan rings is 1. The van der Waals surface area contributed by atoms with Crippen LogP contribution in [0.3, 0.4) is 0 Å². The molecule has 0 atom stereocenters. The van der Waals surface area contributed by atoms with Gasteiger partial charge in [0.25, 0.3) is 0 Å². The van der Waals surface area contributed by atoms with Crippen molar-refractivity contribution in [2.75, 3.05) is 0 Å². The number of aromatic nitrogens is 4. The largest absolute Gasteiger partial charge is 0.456 e. The van der Waals surface area contributed by atoms with Crippen LogP contribution < -0.4 is 0 Å². The Labute approximate surface area is 306 Å². The summed E-state index contributed by atoms with van der Waals surface area (Å²) in [5.41, 5.74) is 7.83. The van der Waals surface area contributed by atoms with E-state index in [1.165, 1.54) is 12.1 Å². The molecule has 0 saturated heterocycles. The van der Waals surface area contributed by atoms with Crippen molar-refractivity contribution >= 4 is 43.7 Å². The average Bonchev–Trinajstić information content (AvgIpc) is 3.76. The highest BCUT2D eigenvalue weighted by atomic mass is 19.4. The van der Waals surface area contributed by atoms with Crippen LogP contribution in [-0.2, 0) is 6.18 Å². The van der Waals surface area contributed by atoms with Crippen LogP contribution in [-0.4, -0.2) is 19.5 Å². The number of hydrogen-bond acceptors (Lipinski definition) is 4. The van der Waals surface area contributed by atoms with Gasteiger partial charge in [-0.25, -0.2) is 15.0 Å². The summed E-state index contributed by atoms with van der Waals surface area (Å²) in [6, 6.07) is 51.4. The van der Waals surface area contributed by atoms with Gasteiger partial charge in [0, 0.05) is 43.9 Å². The van der Waals surface area contributed by atoms with Gasteiger partial charge in [0.05, 0.1) is 16.6 Å². The molecule has 0 amide bonds.